The standard InChI is InChI=1S/C17H24N2O2S/c1-13-12-16(17(20)21-13)18-15-4-2-14(3-5-15)6-7-19-8-10-22-11-9-19/h2-5,13,16,18H,6-12H2,1H3. The van der Waals surface area contributed by atoms with Gasteiger partial charge >= 0.3 is 5.97 Å². The molecule has 2 aliphatic heterocycles. The van der Waals surface area contributed by atoms with E-state index in [-0.39, 0.29) is 18.1 Å². The minimum atomic E-state index is -0.202. The normalized spacial score (nSPS) is 26.0. The molecule has 1 aromatic rings. The smallest absolute Gasteiger partial charge is 0.328 e. The summed E-state index contributed by atoms with van der Waals surface area (Å²) in [6.45, 7) is 5.50. The Labute approximate surface area is 136 Å². The van der Waals surface area contributed by atoms with Crippen molar-refractivity contribution in [1.82, 2.24) is 4.90 Å². The van der Waals surface area contributed by atoms with Gasteiger partial charge in [0.15, 0.2) is 0 Å². The molecule has 22 heavy (non-hydrogen) atoms. The van der Waals surface area contributed by atoms with Gasteiger partial charge in [-0.05, 0) is 31.0 Å². The molecule has 2 aliphatic rings. The Morgan fingerprint density at radius 2 is 2.00 bits per heavy atom. The lowest BCUT2D eigenvalue weighted by molar-refractivity contribution is -0.141. The van der Waals surface area contributed by atoms with Crippen LogP contribution in [0.2, 0.25) is 0 Å². The zero-order chi connectivity index (χ0) is 15.4. The number of benzene rings is 1. The van der Waals surface area contributed by atoms with Crippen molar-refractivity contribution in [2.45, 2.75) is 31.9 Å². The fraction of sp³-hybridized carbons (Fsp3) is 0.588. The van der Waals surface area contributed by atoms with E-state index in [2.05, 4.69) is 34.5 Å². The first-order chi connectivity index (χ1) is 10.7. The molecule has 4 nitrogen and oxygen atoms in total. The number of carbonyl (C=O) groups excluding carboxylic acids is 1. The maximum Gasteiger partial charge on any atom is 0.328 e. The Hall–Kier alpha value is -1.20. The highest BCUT2D eigenvalue weighted by atomic mass is 32.2. The Morgan fingerprint density at radius 1 is 1.27 bits per heavy atom. The molecule has 2 unspecified atom stereocenters. The predicted molar refractivity (Wildman–Crippen MR) is 91.5 cm³/mol. The third-order valence-corrected chi connectivity index (χ3v) is 5.23. The first-order valence-corrected chi connectivity index (χ1v) is 9.22. The SMILES string of the molecule is CC1CC(Nc2ccc(CCN3CCSCC3)cc2)C(=O)O1. The van der Waals surface area contributed by atoms with Crippen molar-refractivity contribution in [1.29, 1.82) is 0 Å². The molecule has 5 heteroatoms. The van der Waals surface area contributed by atoms with Gasteiger partial charge in [0.1, 0.15) is 12.1 Å². The average Bonchev–Trinajstić information content (AvgIpc) is 2.85. The number of nitrogens with one attached hydrogen (secondary N) is 1. The maximum absolute atomic E-state index is 11.6. The topological polar surface area (TPSA) is 41.6 Å². The molecule has 0 amide bonds. The van der Waals surface area contributed by atoms with Gasteiger partial charge in [0, 0.05) is 43.2 Å². The van der Waals surface area contributed by atoms with Crippen molar-refractivity contribution in [3.8, 4) is 0 Å². The lowest BCUT2D eigenvalue weighted by atomic mass is 10.1. The van der Waals surface area contributed by atoms with Gasteiger partial charge in [-0.15, -0.1) is 0 Å². The summed E-state index contributed by atoms with van der Waals surface area (Å²) in [5.74, 6) is 2.39. The Kier molecular flexibility index (Phi) is 5.26. The molecular weight excluding hydrogens is 296 g/mol. The van der Waals surface area contributed by atoms with Gasteiger partial charge in [-0.1, -0.05) is 12.1 Å². The number of anilines is 1. The second-order valence-corrected chi connectivity index (χ2v) is 7.31. The first-order valence-electron chi connectivity index (χ1n) is 8.07. The molecule has 2 fully saturated rings. The summed E-state index contributed by atoms with van der Waals surface area (Å²) in [6, 6.07) is 8.25. The molecule has 0 spiro atoms. The summed E-state index contributed by atoms with van der Waals surface area (Å²) < 4.78 is 5.17. The van der Waals surface area contributed by atoms with Crippen LogP contribution in [0.3, 0.4) is 0 Å². The molecule has 1 aromatic carbocycles. The second-order valence-electron chi connectivity index (χ2n) is 6.08. The van der Waals surface area contributed by atoms with Gasteiger partial charge in [-0.25, -0.2) is 4.79 Å². The van der Waals surface area contributed by atoms with Crippen LogP contribution in [0.1, 0.15) is 18.9 Å². The van der Waals surface area contributed by atoms with Crippen LogP contribution in [0.5, 0.6) is 0 Å². The van der Waals surface area contributed by atoms with Crippen molar-refractivity contribution in [2.24, 2.45) is 0 Å². The summed E-state index contributed by atoms with van der Waals surface area (Å²) in [4.78, 5) is 14.2. The second kappa shape index (κ2) is 7.38. The molecule has 3 rings (SSSR count). The zero-order valence-electron chi connectivity index (χ0n) is 13.1. The van der Waals surface area contributed by atoms with Gasteiger partial charge in [0.25, 0.3) is 0 Å². The molecule has 2 saturated heterocycles. The van der Waals surface area contributed by atoms with E-state index in [1.165, 1.54) is 30.2 Å². The molecule has 2 heterocycles. The van der Waals surface area contributed by atoms with Crippen molar-refractivity contribution in [2.75, 3.05) is 36.5 Å². The number of hydrogen-bond donors (Lipinski definition) is 1. The summed E-state index contributed by atoms with van der Waals surface area (Å²) >= 11 is 2.05. The van der Waals surface area contributed by atoms with E-state index in [0.29, 0.717) is 0 Å². The predicted octanol–water partition coefficient (Wildman–Crippen LogP) is 2.39. The maximum atomic E-state index is 11.6. The van der Waals surface area contributed by atoms with Gasteiger partial charge < -0.3 is 15.0 Å². The van der Waals surface area contributed by atoms with Gasteiger partial charge in [0.2, 0.25) is 0 Å². The Bertz CT molecular complexity index is 500. The van der Waals surface area contributed by atoms with Crippen LogP contribution in [0, 0.1) is 0 Å². The third kappa shape index (κ3) is 4.17. The summed E-state index contributed by atoms with van der Waals surface area (Å²) in [7, 11) is 0. The highest BCUT2D eigenvalue weighted by Gasteiger charge is 2.31. The van der Waals surface area contributed by atoms with Crippen molar-refractivity contribution in [3.63, 3.8) is 0 Å². The number of carbonyl (C=O) groups is 1. The molecule has 0 aromatic heterocycles. The highest BCUT2D eigenvalue weighted by molar-refractivity contribution is 7.99. The van der Waals surface area contributed by atoms with E-state index in [4.69, 9.17) is 4.74 Å². The molecule has 120 valence electrons. The minimum absolute atomic E-state index is 0.0204. The third-order valence-electron chi connectivity index (χ3n) is 4.28. The van der Waals surface area contributed by atoms with Crippen LogP contribution >= 0.6 is 11.8 Å². The van der Waals surface area contributed by atoms with Gasteiger partial charge in [-0.3, -0.25) is 0 Å². The quantitative estimate of drug-likeness (QED) is 0.844. The Balaban J connectivity index is 1.48. The van der Waals surface area contributed by atoms with E-state index in [1.54, 1.807) is 0 Å². The Morgan fingerprint density at radius 3 is 2.64 bits per heavy atom. The number of cyclic esters (lactones) is 1. The fourth-order valence-electron chi connectivity index (χ4n) is 2.96. The summed E-state index contributed by atoms with van der Waals surface area (Å²) in [6.07, 6.45) is 1.85. The average molecular weight is 320 g/mol. The summed E-state index contributed by atoms with van der Waals surface area (Å²) in [5, 5.41) is 3.27. The van der Waals surface area contributed by atoms with E-state index in [1.807, 2.05) is 18.7 Å². The number of esters is 1. The lowest BCUT2D eigenvalue weighted by Gasteiger charge is -2.26. The van der Waals surface area contributed by atoms with E-state index in [0.717, 1.165) is 25.1 Å². The van der Waals surface area contributed by atoms with E-state index < -0.39 is 0 Å². The number of hydrogen-bond acceptors (Lipinski definition) is 5. The molecule has 0 aliphatic carbocycles. The fourth-order valence-corrected chi connectivity index (χ4v) is 3.93. The summed E-state index contributed by atoms with van der Waals surface area (Å²) in [5.41, 5.74) is 2.35. The number of ether oxygens (including phenoxy) is 1. The van der Waals surface area contributed by atoms with Gasteiger partial charge in [-0.2, -0.15) is 11.8 Å². The highest BCUT2D eigenvalue weighted by Crippen LogP contribution is 2.20. The zero-order valence-corrected chi connectivity index (χ0v) is 13.9. The number of thioether (sulfide) groups is 1. The number of rotatable bonds is 5. The molecule has 0 radical (unpaired) electrons. The van der Waals surface area contributed by atoms with E-state index >= 15 is 0 Å². The van der Waals surface area contributed by atoms with Crippen LogP contribution in [0.25, 0.3) is 0 Å². The monoisotopic (exact) mass is 320 g/mol. The molecule has 0 saturated carbocycles. The van der Waals surface area contributed by atoms with Gasteiger partial charge in [0.05, 0.1) is 0 Å². The molecule has 1 N–H and O–H groups in total. The molecule has 0 bridgehead atoms. The number of nitrogens with zero attached hydrogens (tertiary/aromatic N) is 1. The largest absolute Gasteiger partial charge is 0.461 e. The van der Waals surface area contributed by atoms with Crippen LogP contribution in [-0.4, -0.2) is 54.2 Å². The van der Waals surface area contributed by atoms with Crippen LogP contribution in [0.4, 0.5) is 5.69 Å². The van der Waals surface area contributed by atoms with Crippen LogP contribution < -0.4 is 5.32 Å². The van der Waals surface area contributed by atoms with Crippen molar-refractivity contribution >= 4 is 23.4 Å². The van der Waals surface area contributed by atoms with Crippen LogP contribution in [-0.2, 0) is 16.0 Å². The molecular formula is C17H24N2O2S. The minimum Gasteiger partial charge on any atom is -0.461 e. The molecule has 2 atom stereocenters. The van der Waals surface area contributed by atoms with E-state index in [9.17, 15) is 4.79 Å². The van der Waals surface area contributed by atoms with Crippen LogP contribution in [0.15, 0.2) is 24.3 Å². The van der Waals surface area contributed by atoms with Crippen molar-refractivity contribution in [3.05, 3.63) is 29.8 Å². The first kappa shape index (κ1) is 15.7. The van der Waals surface area contributed by atoms with Crippen molar-refractivity contribution < 1.29 is 9.53 Å². The lowest BCUT2D eigenvalue weighted by Crippen LogP contribution is -2.34.